The molecular formula is C8H17O3P. The van der Waals surface area contributed by atoms with E-state index in [9.17, 15) is 4.57 Å². The third kappa shape index (κ3) is 3.53. The largest absolute Gasteiger partial charge is 0.330 e. The Balaban J connectivity index is 4.18. The van der Waals surface area contributed by atoms with Gasteiger partial charge in [0.2, 0.25) is 0 Å². The van der Waals surface area contributed by atoms with Crippen LogP contribution in [0.25, 0.3) is 0 Å². The number of hydrogen-bond acceptors (Lipinski definition) is 3. The van der Waals surface area contributed by atoms with Crippen molar-refractivity contribution in [3.05, 3.63) is 12.7 Å². The van der Waals surface area contributed by atoms with Crippen LogP contribution in [0.4, 0.5) is 0 Å². The summed E-state index contributed by atoms with van der Waals surface area (Å²) < 4.78 is 21.2. The molecule has 0 amide bonds. The number of hydrogen-bond donors (Lipinski definition) is 0. The van der Waals surface area contributed by atoms with E-state index < -0.39 is 7.60 Å². The average molecular weight is 192 g/mol. The van der Waals surface area contributed by atoms with Crippen LogP contribution in [0.15, 0.2) is 12.7 Å². The SMILES string of the molecule is C=C[C@@H](CC)CP(=O)(OC)OC. The maximum absolute atomic E-state index is 11.6. The van der Waals surface area contributed by atoms with Gasteiger partial charge in [-0.1, -0.05) is 13.0 Å². The van der Waals surface area contributed by atoms with Crippen LogP contribution in [-0.2, 0) is 13.6 Å². The fraction of sp³-hybridized carbons (Fsp3) is 0.750. The van der Waals surface area contributed by atoms with E-state index in [1.54, 1.807) is 6.08 Å². The average Bonchev–Trinajstić information content (AvgIpc) is 2.14. The molecule has 3 nitrogen and oxygen atoms in total. The smallest absolute Gasteiger partial charge is 0.312 e. The molecule has 0 rings (SSSR count). The second-order valence-electron chi connectivity index (χ2n) is 2.56. The van der Waals surface area contributed by atoms with Crippen LogP contribution < -0.4 is 0 Å². The van der Waals surface area contributed by atoms with Gasteiger partial charge in [0.15, 0.2) is 0 Å². The summed E-state index contributed by atoms with van der Waals surface area (Å²) in [5, 5.41) is 0. The van der Waals surface area contributed by atoms with Gasteiger partial charge in [-0.25, -0.2) is 0 Å². The van der Waals surface area contributed by atoms with Crippen LogP contribution in [-0.4, -0.2) is 20.4 Å². The first-order valence-corrected chi connectivity index (χ1v) is 5.67. The molecule has 0 spiro atoms. The van der Waals surface area contributed by atoms with Crippen molar-refractivity contribution >= 4 is 7.60 Å². The second-order valence-corrected chi connectivity index (χ2v) is 4.88. The van der Waals surface area contributed by atoms with E-state index in [-0.39, 0.29) is 5.92 Å². The molecule has 0 saturated carbocycles. The maximum Gasteiger partial charge on any atom is 0.330 e. The molecule has 0 saturated heterocycles. The molecule has 0 radical (unpaired) electrons. The molecule has 0 aliphatic rings. The number of allylic oxidation sites excluding steroid dienone is 1. The fourth-order valence-corrected chi connectivity index (χ4v) is 2.31. The van der Waals surface area contributed by atoms with E-state index in [1.807, 2.05) is 6.92 Å². The van der Waals surface area contributed by atoms with Crippen molar-refractivity contribution in [1.29, 1.82) is 0 Å². The topological polar surface area (TPSA) is 35.5 Å². The van der Waals surface area contributed by atoms with Gasteiger partial charge in [-0.15, -0.1) is 6.58 Å². The Hall–Kier alpha value is -0.110. The summed E-state index contributed by atoms with van der Waals surface area (Å²) in [5.74, 6) is 0.204. The minimum Gasteiger partial charge on any atom is -0.312 e. The predicted molar refractivity (Wildman–Crippen MR) is 50.5 cm³/mol. The van der Waals surface area contributed by atoms with Crippen molar-refractivity contribution < 1.29 is 13.6 Å². The zero-order valence-corrected chi connectivity index (χ0v) is 8.84. The maximum atomic E-state index is 11.6. The Kier molecular flexibility index (Phi) is 5.47. The Morgan fingerprint density at radius 1 is 1.50 bits per heavy atom. The molecule has 0 aromatic carbocycles. The van der Waals surface area contributed by atoms with Crippen molar-refractivity contribution in [1.82, 2.24) is 0 Å². The molecule has 72 valence electrons. The van der Waals surface area contributed by atoms with Crippen molar-refractivity contribution in [3.63, 3.8) is 0 Å². The summed E-state index contributed by atoms with van der Waals surface area (Å²) >= 11 is 0. The first-order valence-electron chi connectivity index (χ1n) is 3.95. The molecule has 0 N–H and O–H groups in total. The standard InChI is InChI=1S/C8H17O3P/c1-5-8(6-2)7-12(9,10-3)11-4/h5,8H,1,6-7H2,2-4H3/t8-/m0/s1. The molecule has 1 atom stereocenters. The van der Waals surface area contributed by atoms with Crippen molar-refractivity contribution in [2.24, 2.45) is 5.92 Å². The van der Waals surface area contributed by atoms with Crippen molar-refractivity contribution in [3.8, 4) is 0 Å². The van der Waals surface area contributed by atoms with E-state index in [0.717, 1.165) is 6.42 Å². The molecule has 4 heteroatoms. The molecule has 0 heterocycles. The molecule has 0 aromatic heterocycles. The van der Waals surface area contributed by atoms with E-state index in [1.165, 1.54) is 14.2 Å². The second kappa shape index (κ2) is 5.52. The van der Waals surface area contributed by atoms with Crippen LogP contribution in [0.1, 0.15) is 13.3 Å². The highest BCUT2D eigenvalue weighted by Gasteiger charge is 2.23. The van der Waals surface area contributed by atoms with Crippen LogP contribution in [0.2, 0.25) is 0 Å². The first-order chi connectivity index (χ1) is 5.61. The molecule has 0 aromatic rings. The third-order valence-electron chi connectivity index (χ3n) is 1.87. The van der Waals surface area contributed by atoms with Crippen LogP contribution >= 0.6 is 7.60 Å². The lowest BCUT2D eigenvalue weighted by Gasteiger charge is -2.17. The summed E-state index contributed by atoms with van der Waals surface area (Å²) in [6.07, 6.45) is 3.10. The van der Waals surface area contributed by atoms with Crippen molar-refractivity contribution in [2.45, 2.75) is 13.3 Å². The first kappa shape index (κ1) is 11.9. The van der Waals surface area contributed by atoms with Gasteiger partial charge < -0.3 is 9.05 Å². The molecule has 0 aliphatic heterocycles. The van der Waals surface area contributed by atoms with E-state index in [0.29, 0.717) is 6.16 Å². The highest BCUT2D eigenvalue weighted by molar-refractivity contribution is 7.53. The number of rotatable bonds is 6. The van der Waals surface area contributed by atoms with Gasteiger partial charge >= 0.3 is 7.60 Å². The lowest BCUT2D eigenvalue weighted by molar-refractivity contribution is 0.272. The van der Waals surface area contributed by atoms with Gasteiger partial charge in [-0.2, -0.15) is 0 Å². The Morgan fingerprint density at radius 3 is 2.25 bits per heavy atom. The van der Waals surface area contributed by atoms with Gasteiger partial charge in [-0.3, -0.25) is 4.57 Å². The monoisotopic (exact) mass is 192 g/mol. The van der Waals surface area contributed by atoms with Gasteiger partial charge in [0, 0.05) is 14.2 Å². The van der Waals surface area contributed by atoms with E-state index in [2.05, 4.69) is 6.58 Å². The highest BCUT2D eigenvalue weighted by atomic mass is 31.2. The molecular weight excluding hydrogens is 175 g/mol. The van der Waals surface area contributed by atoms with Crippen LogP contribution in [0.5, 0.6) is 0 Å². The van der Waals surface area contributed by atoms with Gasteiger partial charge in [0.05, 0.1) is 6.16 Å². The summed E-state index contributed by atoms with van der Waals surface area (Å²) in [7, 11) is -0.0358. The highest BCUT2D eigenvalue weighted by Crippen LogP contribution is 2.48. The lowest BCUT2D eigenvalue weighted by Crippen LogP contribution is -2.04. The Bertz CT molecular complexity index is 171. The summed E-state index contributed by atoms with van der Waals surface area (Å²) in [5.41, 5.74) is 0. The molecule has 0 fully saturated rings. The van der Waals surface area contributed by atoms with Gasteiger partial charge in [0.25, 0.3) is 0 Å². The fourth-order valence-electron chi connectivity index (χ4n) is 0.881. The molecule has 0 bridgehead atoms. The van der Waals surface area contributed by atoms with E-state index >= 15 is 0 Å². The molecule has 0 unspecified atom stereocenters. The quantitative estimate of drug-likeness (QED) is 0.479. The third-order valence-corrected chi connectivity index (χ3v) is 3.90. The molecule has 12 heavy (non-hydrogen) atoms. The van der Waals surface area contributed by atoms with Gasteiger partial charge in [0.1, 0.15) is 0 Å². The van der Waals surface area contributed by atoms with Crippen LogP contribution in [0.3, 0.4) is 0 Å². The normalized spacial score (nSPS) is 14.2. The zero-order chi connectivity index (χ0) is 9.61. The summed E-state index contributed by atoms with van der Waals surface area (Å²) in [6.45, 7) is 5.67. The van der Waals surface area contributed by atoms with Gasteiger partial charge in [-0.05, 0) is 12.3 Å². The lowest BCUT2D eigenvalue weighted by atomic mass is 10.1. The minimum absolute atomic E-state index is 0.204. The zero-order valence-electron chi connectivity index (χ0n) is 7.95. The van der Waals surface area contributed by atoms with Crippen LogP contribution in [0, 0.1) is 5.92 Å². The summed E-state index contributed by atoms with van der Waals surface area (Å²) in [4.78, 5) is 0. The van der Waals surface area contributed by atoms with E-state index in [4.69, 9.17) is 9.05 Å². The van der Waals surface area contributed by atoms with Crippen molar-refractivity contribution in [2.75, 3.05) is 20.4 Å². The Labute approximate surface area is 74.3 Å². The summed E-state index contributed by atoms with van der Waals surface area (Å²) in [6, 6.07) is 0. The molecule has 0 aliphatic carbocycles. The Morgan fingerprint density at radius 2 is 2.00 bits per heavy atom. The predicted octanol–water partition coefficient (Wildman–Crippen LogP) is 2.68. The minimum atomic E-state index is -2.84.